The SMILES string of the molecule is Cc1ccc(NC(=O)[C@H](C)Oc2ccc(C=O)cc2[N+](=O)[O-])cc1. The third kappa shape index (κ3) is 4.16. The van der Waals surface area contributed by atoms with E-state index in [4.69, 9.17) is 4.74 Å². The largest absolute Gasteiger partial charge is 0.474 e. The van der Waals surface area contributed by atoms with E-state index in [0.717, 1.165) is 11.6 Å². The Balaban J connectivity index is 2.12. The number of nitro groups is 1. The van der Waals surface area contributed by atoms with E-state index in [1.807, 2.05) is 19.1 Å². The lowest BCUT2D eigenvalue weighted by molar-refractivity contribution is -0.386. The van der Waals surface area contributed by atoms with Crippen molar-refractivity contribution in [1.29, 1.82) is 0 Å². The Morgan fingerprint density at radius 3 is 2.50 bits per heavy atom. The number of ether oxygens (including phenoxy) is 1. The highest BCUT2D eigenvalue weighted by atomic mass is 16.6. The minimum absolute atomic E-state index is 0.0721. The zero-order chi connectivity index (χ0) is 17.7. The number of hydrogen-bond donors (Lipinski definition) is 1. The van der Waals surface area contributed by atoms with Gasteiger partial charge in [-0.3, -0.25) is 19.7 Å². The molecule has 0 spiro atoms. The van der Waals surface area contributed by atoms with Crippen molar-refractivity contribution in [3.8, 4) is 5.75 Å². The van der Waals surface area contributed by atoms with Gasteiger partial charge in [0.05, 0.1) is 4.92 Å². The minimum atomic E-state index is -0.952. The number of amides is 1. The Morgan fingerprint density at radius 2 is 1.92 bits per heavy atom. The highest BCUT2D eigenvalue weighted by Crippen LogP contribution is 2.28. The van der Waals surface area contributed by atoms with Crippen LogP contribution in [0.3, 0.4) is 0 Å². The number of nitrogens with zero attached hydrogens (tertiary/aromatic N) is 1. The van der Waals surface area contributed by atoms with Crippen molar-refractivity contribution in [1.82, 2.24) is 0 Å². The van der Waals surface area contributed by atoms with E-state index >= 15 is 0 Å². The molecule has 0 radical (unpaired) electrons. The zero-order valence-corrected chi connectivity index (χ0v) is 13.2. The molecule has 2 aromatic rings. The number of hydrogen-bond acceptors (Lipinski definition) is 5. The van der Waals surface area contributed by atoms with Gasteiger partial charge in [-0.1, -0.05) is 17.7 Å². The van der Waals surface area contributed by atoms with E-state index in [-0.39, 0.29) is 17.0 Å². The summed E-state index contributed by atoms with van der Waals surface area (Å²) in [5.74, 6) is -0.509. The van der Waals surface area contributed by atoms with E-state index in [0.29, 0.717) is 12.0 Å². The molecule has 0 aliphatic carbocycles. The molecule has 0 heterocycles. The van der Waals surface area contributed by atoms with Crippen LogP contribution in [0, 0.1) is 17.0 Å². The molecule has 1 atom stereocenters. The van der Waals surface area contributed by atoms with Gasteiger partial charge in [-0.25, -0.2) is 0 Å². The predicted molar refractivity (Wildman–Crippen MR) is 88.4 cm³/mol. The van der Waals surface area contributed by atoms with E-state index in [1.165, 1.54) is 19.1 Å². The van der Waals surface area contributed by atoms with Crippen LogP contribution >= 0.6 is 0 Å². The Labute approximate surface area is 138 Å². The van der Waals surface area contributed by atoms with Crippen LogP contribution in [0.4, 0.5) is 11.4 Å². The van der Waals surface area contributed by atoms with Crippen LogP contribution in [-0.2, 0) is 4.79 Å². The molecule has 124 valence electrons. The Hall–Kier alpha value is -3.22. The Kier molecular flexibility index (Phi) is 5.26. The first-order valence-electron chi connectivity index (χ1n) is 7.18. The summed E-state index contributed by atoms with van der Waals surface area (Å²) in [5.41, 5.74) is 1.45. The van der Waals surface area contributed by atoms with Gasteiger partial charge in [0.15, 0.2) is 11.9 Å². The molecule has 2 rings (SSSR count). The summed E-state index contributed by atoms with van der Waals surface area (Å²) in [5, 5.41) is 13.7. The standard InChI is InChI=1S/C17H16N2O5/c1-11-3-6-14(7-4-11)18-17(21)12(2)24-16-8-5-13(10-20)9-15(16)19(22)23/h3-10,12H,1-2H3,(H,18,21)/t12-/m0/s1. The summed E-state index contributed by atoms with van der Waals surface area (Å²) in [7, 11) is 0. The molecule has 7 nitrogen and oxygen atoms in total. The molecule has 0 fully saturated rings. The van der Waals surface area contributed by atoms with Crippen LogP contribution in [-0.4, -0.2) is 23.2 Å². The van der Waals surface area contributed by atoms with Crippen LogP contribution in [0.25, 0.3) is 0 Å². The number of benzene rings is 2. The highest BCUT2D eigenvalue weighted by molar-refractivity contribution is 5.94. The fourth-order valence-corrected chi connectivity index (χ4v) is 1.97. The van der Waals surface area contributed by atoms with Crippen LogP contribution in [0.2, 0.25) is 0 Å². The second kappa shape index (κ2) is 7.36. The fraction of sp³-hybridized carbons (Fsp3) is 0.176. The minimum Gasteiger partial charge on any atom is -0.474 e. The number of nitro benzene ring substituents is 1. The van der Waals surface area contributed by atoms with Crippen molar-refractivity contribution >= 4 is 23.6 Å². The Bertz CT molecular complexity index is 771. The quantitative estimate of drug-likeness (QED) is 0.499. The van der Waals surface area contributed by atoms with E-state index in [2.05, 4.69) is 5.32 Å². The second-order valence-corrected chi connectivity index (χ2v) is 5.22. The van der Waals surface area contributed by atoms with Gasteiger partial charge in [-0.15, -0.1) is 0 Å². The highest BCUT2D eigenvalue weighted by Gasteiger charge is 2.21. The number of aryl methyl sites for hydroxylation is 1. The third-order valence-electron chi connectivity index (χ3n) is 3.31. The number of rotatable bonds is 6. The lowest BCUT2D eigenvalue weighted by Crippen LogP contribution is -2.30. The van der Waals surface area contributed by atoms with Crippen molar-refractivity contribution in [2.45, 2.75) is 20.0 Å². The van der Waals surface area contributed by atoms with Crippen LogP contribution < -0.4 is 10.1 Å². The molecular formula is C17H16N2O5. The zero-order valence-electron chi connectivity index (χ0n) is 13.2. The first-order valence-corrected chi connectivity index (χ1v) is 7.18. The number of nitrogens with one attached hydrogen (secondary N) is 1. The summed E-state index contributed by atoms with van der Waals surface area (Å²) in [4.78, 5) is 33.3. The maximum atomic E-state index is 12.1. The molecular weight excluding hydrogens is 312 g/mol. The van der Waals surface area contributed by atoms with Crippen LogP contribution in [0.5, 0.6) is 5.75 Å². The number of carbonyl (C=O) groups is 2. The van der Waals surface area contributed by atoms with Crippen molar-refractivity contribution < 1.29 is 19.2 Å². The van der Waals surface area contributed by atoms with E-state index in [9.17, 15) is 19.7 Å². The average Bonchev–Trinajstić information content (AvgIpc) is 2.57. The molecule has 0 aliphatic heterocycles. The van der Waals surface area contributed by atoms with Gasteiger partial charge in [-0.05, 0) is 38.1 Å². The van der Waals surface area contributed by atoms with Crippen LogP contribution in [0.1, 0.15) is 22.8 Å². The lowest BCUT2D eigenvalue weighted by atomic mass is 10.2. The van der Waals surface area contributed by atoms with Gasteiger partial charge in [0, 0.05) is 17.3 Å². The van der Waals surface area contributed by atoms with Crippen molar-refractivity contribution in [2.75, 3.05) is 5.32 Å². The van der Waals surface area contributed by atoms with Crippen molar-refractivity contribution in [3.05, 3.63) is 63.7 Å². The smallest absolute Gasteiger partial charge is 0.311 e. The molecule has 0 aliphatic rings. The average molecular weight is 328 g/mol. The van der Waals surface area contributed by atoms with Gasteiger partial charge in [0.2, 0.25) is 0 Å². The van der Waals surface area contributed by atoms with Gasteiger partial charge in [0.25, 0.3) is 5.91 Å². The normalized spacial score (nSPS) is 11.4. The molecule has 0 saturated carbocycles. The van der Waals surface area contributed by atoms with E-state index in [1.54, 1.807) is 12.1 Å². The summed E-state index contributed by atoms with van der Waals surface area (Å²) < 4.78 is 5.39. The topological polar surface area (TPSA) is 98.5 Å². The van der Waals surface area contributed by atoms with E-state index < -0.39 is 16.9 Å². The van der Waals surface area contributed by atoms with Gasteiger partial charge < -0.3 is 10.1 Å². The first kappa shape index (κ1) is 17.1. The summed E-state index contributed by atoms with van der Waals surface area (Å²) >= 11 is 0. The molecule has 24 heavy (non-hydrogen) atoms. The fourth-order valence-electron chi connectivity index (χ4n) is 1.97. The predicted octanol–water partition coefficient (Wildman–Crippen LogP) is 3.12. The lowest BCUT2D eigenvalue weighted by Gasteiger charge is -2.15. The molecule has 0 unspecified atom stereocenters. The number of aldehydes is 1. The maximum absolute atomic E-state index is 12.1. The summed E-state index contributed by atoms with van der Waals surface area (Å²) in [6.45, 7) is 3.42. The third-order valence-corrected chi connectivity index (χ3v) is 3.31. The molecule has 2 aromatic carbocycles. The number of anilines is 1. The summed E-state index contributed by atoms with van der Waals surface area (Å²) in [6, 6.07) is 11.0. The van der Waals surface area contributed by atoms with Gasteiger partial charge in [0.1, 0.15) is 6.29 Å². The molecule has 1 N–H and O–H groups in total. The Morgan fingerprint density at radius 1 is 1.25 bits per heavy atom. The van der Waals surface area contributed by atoms with Crippen molar-refractivity contribution in [3.63, 3.8) is 0 Å². The molecule has 0 bridgehead atoms. The molecule has 7 heteroatoms. The first-order chi connectivity index (χ1) is 11.4. The maximum Gasteiger partial charge on any atom is 0.311 e. The summed E-state index contributed by atoms with van der Waals surface area (Å²) in [6.07, 6.45) is -0.448. The van der Waals surface area contributed by atoms with Gasteiger partial charge in [-0.2, -0.15) is 0 Å². The molecule has 1 amide bonds. The monoisotopic (exact) mass is 328 g/mol. The number of carbonyl (C=O) groups excluding carboxylic acids is 2. The van der Waals surface area contributed by atoms with Gasteiger partial charge >= 0.3 is 5.69 Å². The van der Waals surface area contributed by atoms with Crippen molar-refractivity contribution in [2.24, 2.45) is 0 Å². The molecule has 0 aromatic heterocycles. The van der Waals surface area contributed by atoms with Crippen LogP contribution in [0.15, 0.2) is 42.5 Å². The molecule has 0 saturated heterocycles. The second-order valence-electron chi connectivity index (χ2n) is 5.22.